The fourth-order valence-electron chi connectivity index (χ4n) is 6.10. The predicted molar refractivity (Wildman–Crippen MR) is 103 cm³/mol. The molecule has 2 fully saturated rings. The third-order valence-electron chi connectivity index (χ3n) is 7.12. The van der Waals surface area contributed by atoms with Gasteiger partial charge in [-0.15, -0.1) is 0 Å². The van der Waals surface area contributed by atoms with Crippen molar-refractivity contribution in [2.75, 3.05) is 5.32 Å². The van der Waals surface area contributed by atoms with Crippen molar-refractivity contribution in [1.29, 1.82) is 0 Å². The normalized spacial score (nSPS) is 31.2. The van der Waals surface area contributed by atoms with Crippen molar-refractivity contribution < 1.29 is 9.90 Å². The van der Waals surface area contributed by atoms with Crippen LogP contribution in [0.3, 0.4) is 0 Å². The average Bonchev–Trinajstić information content (AvgIpc) is 3.25. The van der Waals surface area contributed by atoms with Gasteiger partial charge in [-0.25, -0.2) is 4.79 Å². The number of hydrogen-bond acceptors (Lipinski definition) is 2. The van der Waals surface area contributed by atoms with Gasteiger partial charge in [0.05, 0.1) is 17.3 Å². The van der Waals surface area contributed by atoms with Gasteiger partial charge >= 0.3 is 5.97 Å². The van der Waals surface area contributed by atoms with Gasteiger partial charge < -0.3 is 10.4 Å². The lowest BCUT2D eigenvalue weighted by molar-refractivity contribution is 0.0697. The third-order valence-corrected chi connectivity index (χ3v) is 7.12. The number of nitrogens with one attached hydrogen (secondary N) is 1. The van der Waals surface area contributed by atoms with Crippen LogP contribution in [0.15, 0.2) is 36.4 Å². The monoisotopic (exact) mass is 347 g/mol. The Hall–Kier alpha value is -2.29. The van der Waals surface area contributed by atoms with Crippen molar-refractivity contribution in [3.05, 3.63) is 64.2 Å². The Labute approximate surface area is 154 Å². The van der Waals surface area contributed by atoms with Crippen molar-refractivity contribution in [2.45, 2.75) is 45.1 Å². The average molecular weight is 347 g/mol. The van der Waals surface area contributed by atoms with Crippen LogP contribution in [0, 0.1) is 31.6 Å². The summed E-state index contributed by atoms with van der Waals surface area (Å²) in [5, 5.41) is 13.4. The van der Waals surface area contributed by atoms with Crippen LogP contribution in [0.1, 0.15) is 63.8 Å². The molecule has 5 rings (SSSR count). The van der Waals surface area contributed by atoms with Crippen LogP contribution in [-0.4, -0.2) is 11.1 Å². The minimum absolute atomic E-state index is 0.211. The van der Waals surface area contributed by atoms with E-state index in [2.05, 4.69) is 43.4 Å². The first kappa shape index (κ1) is 15.9. The summed E-state index contributed by atoms with van der Waals surface area (Å²) in [6.07, 6.45) is 3.92. The summed E-state index contributed by atoms with van der Waals surface area (Å²) in [5.41, 5.74) is 6.43. The van der Waals surface area contributed by atoms with Gasteiger partial charge in [-0.1, -0.05) is 35.9 Å². The van der Waals surface area contributed by atoms with Crippen molar-refractivity contribution in [3.63, 3.8) is 0 Å². The number of carboxylic acid groups (broad SMARTS) is 1. The molecule has 2 saturated carbocycles. The molecule has 5 atom stereocenters. The van der Waals surface area contributed by atoms with Crippen LogP contribution in [0.5, 0.6) is 0 Å². The van der Waals surface area contributed by atoms with Gasteiger partial charge in [-0.3, -0.25) is 0 Å². The highest BCUT2D eigenvalue weighted by atomic mass is 16.4. The molecule has 0 saturated heterocycles. The van der Waals surface area contributed by atoms with E-state index >= 15 is 0 Å². The maximum Gasteiger partial charge on any atom is 0.337 e. The summed E-state index contributed by atoms with van der Waals surface area (Å²) in [7, 11) is 0. The molecule has 2 bridgehead atoms. The SMILES string of the molecule is Cc1ccc(C)c([C@@H]2Nc3c(C(=O)O)cccc3[C@H]3[C@H]4CC[C@@H](C4)[C@H]32)c1. The number of carboxylic acids is 1. The Balaban J connectivity index is 1.70. The second-order valence-electron chi connectivity index (χ2n) is 8.49. The Bertz CT molecular complexity index is 903. The maximum absolute atomic E-state index is 11.8. The van der Waals surface area contributed by atoms with Crippen LogP contribution in [0.2, 0.25) is 0 Å². The number of anilines is 1. The Kier molecular flexibility index (Phi) is 3.43. The zero-order valence-corrected chi connectivity index (χ0v) is 15.3. The van der Waals surface area contributed by atoms with Crippen molar-refractivity contribution in [2.24, 2.45) is 17.8 Å². The minimum atomic E-state index is -0.837. The van der Waals surface area contributed by atoms with E-state index in [1.54, 1.807) is 6.07 Å². The molecule has 0 unspecified atom stereocenters. The number of fused-ring (bicyclic) bond motifs is 7. The number of para-hydroxylation sites is 1. The molecule has 134 valence electrons. The predicted octanol–water partition coefficient (Wildman–Crippen LogP) is 5.30. The molecule has 0 amide bonds. The van der Waals surface area contributed by atoms with E-state index in [9.17, 15) is 9.90 Å². The molecule has 0 radical (unpaired) electrons. The van der Waals surface area contributed by atoms with E-state index in [1.807, 2.05) is 6.07 Å². The second-order valence-corrected chi connectivity index (χ2v) is 8.49. The smallest absolute Gasteiger partial charge is 0.337 e. The maximum atomic E-state index is 11.8. The number of carbonyl (C=O) groups is 1. The van der Waals surface area contributed by atoms with Gasteiger partial charge in [-0.05, 0) is 79.5 Å². The van der Waals surface area contributed by atoms with Crippen molar-refractivity contribution in [3.8, 4) is 0 Å². The van der Waals surface area contributed by atoms with Crippen molar-refractivity contribution >= 4 is 11.7 Å². The molecular formula is C23H25NO2. The van der Waals surface area contributed by atoms with E-state index < -0.39 is 5.97 Å². The highest BCUT2D eigenvalue weighted by Gasteiger charge is 2.54. The van der Waals surface area contributed by atoms with Crippen LogP contribution in [-0.2, 0) is 0 Å². The highest BCUT2D eigenvalue weighted by molar-refractivity contribution is 5.95. The van der Waals surface area contributed by atoms with Crippen LogP contribution in [0.25, 0.3) is 0 Å². The van der Waals surface area contributed by atoms with Crippen LogP contribution in [0.4, 0.5) is 5.69 Å². The van der Waals surface area contributed by atoms with Gasteiger partial charge in [0.15, 0.2) is 0 Å². The van der Waals surface area contributed by atoms with Gasteiger partial charge in [0.25, 0.3) is 0 Å². The lowest BCUT2D eigenvalue weighted by Crippen LogP contribution is -2.36. The summed E-state index contributed by atoms with van der Waals surface area (Å²) in [4.78, 5) is 11.8. The first-order valence-electron chi connectivity index (χ1n) is 9.74. The molecule has 0 aromatic heterocycles. The first-order valence-corrected chi connectivity index (χ1v) is 9.74. The molecule has 3 aliphatic rings. The highest BCUT2D eigenvalue weighted by Crippen LogP contribution is 2.64. The van der Waals surface area contributed by atoms with E-state index in [1.165, 1.54) is 41.5 Å². The molecule has 26 heavy (non-hydrogen) atoms. The fraction of sp³-hybridized carbons (Fsp3) is 0.435. The second kappa shape index (κ2) is 5.60. The van der Waals surface area contributed by atoms with Gasteiger partial charge in [0.1, 0.15) is 0 Å². The third kappa shape index (κ3) is 2.16. The Morgan fingerprint density at radius 2 is 1.88 bits per heavy atom. The molecule has 0 spiro atoms. The number of aromatic carboxylic acids is 1. The largest absolute Gasteiger partial charge is 0.478 e. The zero-order valence-electron chi connectivity index (χ0n) is 15.3. The molecule has 1 aliphatic heterocycles. The summed E-state index contributed by atoms with van der Waals surface area (Å²) >= 11 is 0. The number of rotatable bonds is 2. The molecule has 2 aromatic carbocycles. The molecular weight excluding hydrogens is 322 g/mol. The molecule has 3 nitrogen and oxygen atoms in total. The molecule has 2 aromatic rings. The molecule has 2 aliphatic carbocycles. The summed E-state index contributed by atoms with van der Waals surface area (Å²) in [6.45, 7) is 4.32. The van der Waals surface area contributed by atoms with E-state index in [-0.39, 0.29) is 6.04 Å². The zero-order chi connectivity index (χ0) is 18.0. The van der Waals surface area contributed by atoms with Crippen molar-refractivity contribution in [1.82, 2.24) is 0 Å². The van der Waals surface area contributed by atoms with Gasteiger partial charge in [-0.2, -0.15) is 0 Å². The van der Waals surface area contributed by atoms with Gasteiger partial charge in [0.2, 0.25) is 0 Å². The number of aryl methyl sites for hydroxylation is 2. The van der Waals surface area contributed by atoms with Crippen LogP contribution >= 0.6 is 0 Å². The van der Waals surface area contributed by atoms with E-state index in [0.717, 1.165) is 11.6 Å². The first-order chi connectivity index (χ1) is 12.5. The Morgan fingerprint density at radius 3 is 2.69 bits per heavy atom. The summed E-state index contributed by atoms with van der Waals surface area (Å²) in [6, 6.07) is 12.7. The molecule has 1 heterocycles. The minimum Gasteiger partial charge on any atom is -0.478 e. The van der Waals surface area contributed by atoms with Crippen LogP contribution < -0.4 is 5.32 Å². The quantitative estimate of drug-likeness (QED) is 0.775. The standard InChI is InChI=1S/C23H25NO2/c1-12-6-7-13(2)18(10-12)22-20-15-9-8-14(11-15)19(20)16-4-3-5-17(23(25)26)21(16)24-22/h3-7,10,14-15,19-20,22,24H,8-9,11H2,1-2H3,(H,25,26)/t14-,15-,19+,20+,22-/m0/s1. The summed E-state index contributed by atoms with van der Waals surface area (Å²) < 4.78 is 0. The molecule has 3 heteroatoms. The summed E-state index contributed by atoms with van der Waals surface area (Å²) in [5.74, 6) is 1.70. The number of hydrogen-bond donors (Lipinski definition) is 2. The van der Waals surface area contributed by atoms with E-state index in [4.69, 9.17) is 0 Å². The lowest BCUT2D eigenvalue weighted by Gasteiger charge is -2.44. The van der Waals surface area contributed by atoms with Gasteiger partial charge in [0, 0.05) is 0 Å². The lowest BCUT2D eigenvalue weighted by atomic mass is 9.67. The topological polar surface area (TPSA) is 49.3 Å². The molecule has 2 N–H and O–H groups in total. The van der Waals surface area contributed by atoms with E-state index in [0.29, 0.717) is 23.3 Å². The number of benzene rings is 2. The Morgan fingerprint density at radius 1 is 1.08 bits per heavy atom. The fourth-order valence-corrected chi connectivity index (χ4v) is 6.10.